The standard InChI is InChI=1S/C13H21ClN4O2/c1-8(2)18-12(20)11(14)9(6-16-18)15-7-10(19)17-13(3,4)5/h6,8,15H,7H2,1-5H3,(H,17,19). The number of nitrogens with one attached hydrogen (secondary N) is 2. The summed E-state index contributed by atoms with van der Waals surface area (Å²) in [5.74, 6) is -0.179. The molecule has 0 bridgehead atoms. The quantitative estimate of drug-likeness (QED) is 0.889. The van der Waals surface area contributed by atoms with E-state index in [0.717, 1.165) is 0 Å². The molecular weight excluding hydrogens is 280 g/mol. The number of halogens is 1. The van der Waals surface area contributed by atoms with Crippen molar-refractivity contribution < 1.29 is 4.79 Å². The summed E-state index contributed by atoms with van der Waals surface area (Å²) < 4.78 is 1.29. The normalized spacial score (nSPS) is 11.6. The summed E-state index contributed by atoms with van der Waals surface area (Å²) in [6.45, 7) is 9.39. The van der Waals surface area contributed by atoms with E-state index in [4.69, 9.17) is 11.6 Å². The molecule has 7 heteroatoms. The Kier molecular flexibility index (Phi) is 5.16. The van der Waals surface area contributed by atoms with Crippen LogP contribution in [0.2, 0.25) is 5.02 Å². The lowest BCUT2D eigenvalue weighted by molar-refractivity contribution is -0.120. The van der Waals surface area contributed by atoms with Gasteiger partial charge < -0.3 is 10.6 Å². The third-order valence-corrected chi connectivity index (χ3v) is 2.75. The van der Waals surface area contributed by atoms with Crippen molar-refractivity contribution in [3.63, 3.8) is 0 Å². The highest BCUT2D eigenvalue weighted by Crippen LogP contribution is 2.15. The largest absolute Gasteiger partial charge is 0.373 e. The molecule has 0 fully saturated rings. The minimum Gasteiger partial charge on any atom is -0.373 e. The summed E-state index contributed by atoms with van der Waals surface area (Å²) in [5, 5.41) is 9.68. The molecule has 0 radical (unpaired) electrons. The second kappa shape index (κ2) is 6.26. The Morgan fingerprint density at radius 2 is 2.05 bits per heavy atom. The molecular formula is C13H21ClN4O2. The summed E-state index contributed by atoms with van der Waals surface area (Å²) in [6.07, 6.45) is 1.45. The molecule has 0 saturated carbocycles. The third-order valence-electron chi connectivity index (χ3n) is 2.39. The minimum atomic E-state index is -0.372. The molecule has 1 heterocycles. The Balaban J connectivity index is 2.78. The van der Waals surface area contributed by atoms with Crippen LogP contribution in [0.3, 0.4) is 0 Å². The van der Waals surface area contributed by atoms with Crippen LogP contribution in [0, 0.1) is 0 Å². The Morgan fingerprint density at radius 3 is 2.55 bits per heavy atom. The average molecular weight is 301 g/mol. The highest BCUT2D eigenvalue weighted by Gasteiger charge is 2.15. The van der Waals surface area contributed by atoms with Gasteiger partial charge in [-0.3, -0.25) is 9.59 Å². The molecule has 1 aromatic rings. The van der Waals surface area contributed by atoms with Crippen LogP contribution < -0.4 is 16.2 Å². The van der Waals surface area contributed by atoms with Gasteiger partial charge in [-0.2, -0.15) is 5.10 Å². The topological polar surface area (TPSA) is 76.0 Å². The van der Waals surface area contributed by atoms with Crippen LogP contribution in [-0.4, -0.2) is 27.8 Å². The fraction of sp³-hybridized carbons (Fsp3) is 0.615. The lowest BCUT2D eigenvalue weighted by Gasteiger charge is -2.21. The van der Waals surface area contributed by atoms with E-state index >= 15 is 0 Å². The molecule has 0 aliphatic heterocycles. The van der Waals surface area contributed by atoms with Crippen molar-refractivity contribution in [2.24, 2.45) is 0 Å². The first-order valence-corrected chi connectivity index (χ1v) is 6.82. The summed E-state index contributed by atoms with van der Waals surface area (Å²) in [7, 11) is 0. The number of carbonyl (C=O) groups is 1. The highest BCUT2D eigenvalue weighted by molar-refractivity contribution is 6.33. The van der Waals surface area contributed by atoms with Gasteiger partial charge in [-0.05, 0) is 34.6 Å². The number of hydrogen-bond donors (Lipinski definition) is 2. The maximum Gasteiger partial charge on any atom is 0.287 e. The molecule has 0 atom stereocenters. The smallest absolute Gasteiger partial charge is 0.287 e. The molecule has 0 spiro atoms. The first-order chi connectivity index (χ1) is 9.11. The van der Waals surface area contributed by atoms with Crippen LogP contribution in [0.25, 0.3) is 0 Å². The van der Waals surface area contributed by atoms with Gasteiger partial charge in [0, 0.05) is 5.54 Å². The Morgan fingerprint density at radius 1 is 1.45 bits per heavy atom. The Bertz CT molecular complexity index is 546. The van der Waals surface area contributed by atoms with E-state index < -0.39 is 0 Å². The third kappa shape index (κ3) is 4.52. The van der Waals surface area contributed by atoms with E-state index in [9.17, 15) is 9.59 Å². The van der Waals surface area contributed by atoms with Gasteiger partial charge in [0.05, 0.1) is 24.5 Å². The zero-order chi connectivity index (χ0) is 15.5. The van der Waals surface area contributed by atoms with E-state index in [1.54, 1.807) is 0 Å². The lowest BCUT2D eigenvalue weighted by Crippen LogP contribution is -2.43. The number of carbonyl (C=O) groups excluding carboxylic acids is 1. The van der Waals surface area contributed by atoms with E-state index in [-0.39, 0.29) is 34.6 Å². The number of amides is 1. The molecule has 20 heavy (non-hydrogen) atoms. The van der Waals surface area contributed by atoms with Crippen molar-refractivity contribution in [1.82, 2.24) is 15.1 Å². The maximum atomic E-state index is 11.9. The predicted molar refractivity (Wildman–Crippen MR) is 80.3 cm³/mol. The first-order valence-electron chi connectivity index (χ1n) is 6.44. The minimum absolute atomic E-state index is 0.0315. The number of aromatic nitrogens is 2. The average Bonchev–Trinajstić information content (AvgIpc) is 2.28. The number of hydrogen-bond acceptors (Lipinski definition) is 4. The SMILES string of the molecule is CC(C)n1ncc(NCC(=O)NC(C)(C)C)c(Cl)c1=O. The van der Waals surface area contributed by atoms with Gasteiger partial charge in [0.2, 0.25) is 5.91 Å². The lowest BCUT2D eigenvalue weighted by atomic mass is 10.1. The molecule has 1 amide bonds. The molecule has 2 N–H and O–H groups in total. The van der Waals surface area contributed by atoms with E-state index in [1.807, 2.05) is 34.6 Å². The first kappa shape index (κ1) is 16.5. The molecule has 6 nitrogen and oxygen atoms in total. The molecule has 112 valence electrons. The van der Waals surface area contributed by atoms with Crippen molar-refractivity contribution in [3.8, 4) is 0 Å². The van der Waals surface area contributed by atoms with Crippen molar-refractivity contribution in [2.45, 2.75) is 46.2 Å². The molecule has 0 saturated heterocycles. The highest BCUT2D eigenvalue weighted by atomic mass is 35.5. The summed E-state index contributed by atoms with van der Waals surface area (Å²) in [4.78, 5) is 23.6. The maximum absolute atomic E-state index is 11.9. The number of rotatable bonds is 4. The Labute approximate surface area is 123 Å². The van der Waals surface area contributed by atoms with Crippen LogP contribution in [-0.2, 0) is 4.79 Å². The molecule has 0 aliphatic rings. The van der Waals surface area contributed by atoms with Crippen molar-refractivity contribution >= 4 is 23.2 Å². The van der Waals surface area contributed by atoms with Gasteiger partial charge in [0.15, 0.2) is 0 Å². The van der Waals surface area contributed by atoms with Crippen LogP contribution in [0.4, 0.5) is 5.69 Å². The number of anilines is 1. The van der Waals surface area contributed by atoms with Gasteiger partial charge in [0.1, 0.15) is 5.02 Å². The fourth-order valence-corrected chi connectivity index (χ4v) is 1.78. The monoisotopic (exact) mass is 300 g/mol. The van der Waals surface area contributed by atoms with E-state index in [0.29, 0.717) is 5.69 Å². The Hall–Kier alpha value is -1.56. The van der Waals surface area contributed by atoms with Gasteiger partial charge in [-0.1, -0.05) is 11.6 Å². The van der Waals surface area contributed by atoms with E-state index in [2.05, 4.69) is 15.7 Å². The summed E-state index contributed by atoms with van der Waals surface area (Å²) in [6, 6.07) is -0.0711. The van der Waals surface area contributed by atoms with Gasteiger partial charge >= 0.3 is 0 Å². The van der Waals surface area contributed by atoms with E-state index in [1.165, 1.54) is 10.9 Å². The van der Waals surface area contributed by atoms with Crippen LogP contribution in [0.5, 0.6) is 0 Å². The van der Waals surface area contributed by atoms with Gasteiger partial charge in [-0.15, -0.1) is 0 Å². The van der Waals surface area contributed by atoms with Gasteiger partial charge in [-0.25, -0.2) is 4.68 Å². The second-order valence-corrected chi connectivity index (χ2v) is 6.25. The van der Waals surface area contributed by atoms with Crippen LogP contribution in [0.1, 0.15) is 40.7 Å². The fourth-order valence-electron chi connectivity index (χ4n) is 1.57. The van der Waals surface area contributed by atoms with Gasteiger partial charge in [0.25, 0.3) is 5.56 Å². The summed E-state index contributed by atoms with van der Waals surface area (Å²) in [5.41, 5.74) is -0.317. The number of nitrogens with zero attached hydrogens (tertiary/aromatic N) is 2. The zero-order valence-electron chi connectivity index (χ0n) is 12.5. The molecule has 0 unspecified atom stereocenters. The van der Waals surface area contributed by atoms with Crippen LogP contribution >= 0.6 is 11.6 Å². The van der Waals surface area contributed by atoms with Crippen molar-refractivity contribution in [1.29, 1.82) is 0 Å². The second-order valence-electron chi connectivity index (χ2n) is 5.87. The van der Waals surface area contributed by atoms with Crippen molar-refractivity contribution in [3.05, 3.63) is 21.6 Å². The molecule has 0 aliphatic carbocycles. The van der Waals surface area contributed by atoms with Crippen molar-refractivity contribution in [2.75, 3.05) is 11.9 Å². The van der Waals surface area contributed by atoms with Crippen LogP contribution in [0.15, 0.2) is 11.0 Å². The molecule has 1 rings (SSSR count). The molecule has 1 aromatic heterocycles. The predicted octanol–water partition coefficient (Wildman–Crippen LogP) is 1.80. The molecule has 0 aromatic carbocycles. The zero-order valence-corrected chi connectivity index (χ0v) is 13.2. The summed E-state index contributed by atoms with van der Waals surface area (Å²) >= 11 is 5.99.